The molecular weight excluding hydrogens is 384 g/mol. The van der Waals surface area contributed by atoms with Gasteiger partial charge < -0.3 is 10.6 Å². The summed E-state index contributed by atoms with van der Waals surface area (Å²) in [6.07, 6.45) is 0. The number of sulfonamides is 1. The largest absolute Gasteiger partial charge is 0.366 e. The Bertz CT molecular complexity index is 1010. The third-order valence-electron chi connectivity index (χ3n) is 4.69. The summed E-state index contributed by atoms with van der Waals surface area (Å²) in [6, 6.07) is 10.7. The van der Waals surface area contributed by atoms with Gasteiger partial charge in [-0.25, -0.2) is 8.42 Å². The molecule has 0 aliphatic carbocycles. The quantitative estimate of drug-likeness (QED) is 0.594. The van der Waals surface area contributed by atoms with Crippen molar-refractivity contribution in [3.8, 4) is 0 Å². The number of benzene rings is 2. The van der Waals surface area contributed by atoms with Crippen LogP contribution >= 0.6 is 0 Å². The number of nitrogens with zero attached hydrogens (tertiary/aromatic N) is 3. The van der Waals surface area contributed by atoms with Crippen LogP contribution < -0.4 is 10.6 Å². The molecule has 0 saturated carbocycles. The molecule has 10 heteroatoms. The lowest BCUT2D eigenvalue weighted by molar-refractivity contribution is -0.384. The number of nitrogens with two attached hydrogens (primary N) is 1. The Labute approximate surface area is 162 Å². The number of nitro benzene ring substituents is 1. The molecule has 2 aromatic rings. The van der Waals surface area contributed by atoms with Gasteiger partial charge in [0, 0.05) is 37.8 Å². The minimum Gasteiger partial charge on any atom is -0.366 e. The van der Waals surface area contributed by atoms with Crippen LogP contribution in [0, 0.1) is 17.0 Å². The third-order valence-corrected chi connectivity index (χ3v) is 6.61. The van der Waals surface area contributed by atoms with E-state index < -0.39 is 20.9 Å². The maximum Gasteiger partial charge on any atom is 0.293 e. The van der Waals surface area contributed by atoms with Gasteiger partial charge in [-0.1, -0.05) is 17.7 Å². The Balaban J connectivity index is 1.79. The van der Waals surface area contributed by atoms with E-state index in [0.717, 1.165) is 11.6 Å². The first-order valence-electron chi connectivity index (χ1n) is 8.60. The van der Waals surface area contributed by atoms with Crippen molar-refractivity contribution >= 4 is 27.3 Å². The minimum atomic E-state index is -3.62. The Kier molecular flexibility index (Phi) is 5.34. The average molecular weight is 404 g/mol. The summed E-state index contributed by atoms with van der Waals surface area (Å²) in [6.45, 7) is 2.87. The maximum absolute atomic E-state index is 12.8. The van der Waals surface area contributed by atoms with Gasteiger partial charge in [-0.15, -0.1) is 0 Å². The second kappa shape index (κ2) is 7.56. The van der Waals surface area contributed by atoms with Crippen molar-refractivity contribution < 1.29 is 18.1 Å². The summed E-state index contributed by atoms with van der Waals surface area (Å²) < 4.78 is 26.9. The zero-order valence-corrected chi connectivity index (χ0v) is 16.1. The Hall–Kier alpha value is -2.98. The Morgan fingerprint density at radius 2 is 1.68 bits per heavy atom. The molecule has 9 nitrogen and oxygen atoms in total. The molecular formula is C18H20N4O5S. The Morgan fingerprint density at radius 1 is 1.07 bits per heavy atom. The second-order valence-electron chi connectivity index (χ2n) is 6.53. The molecule has 1 aliphatic rings. The van der Waals surface area contributed by atoms with Gasteiger partial charge in [-0.2, -0.15) is 4.31 Å². The predicted octanol–water partition coefficient (Wildman–Crippen LogP) is 1.51. The fourth-order valence-corrected chi connectivity index (χ4v) is 4.54. The molecule has 2 aromatic carbocycles. The second-order valence-corrected chi connectivity index (χ2v) is 8.47. The highest BCUT2D eigenvalue weighted by Gasteiger charge is 2.30. The van der Waals surface area contributed by atoms with Crippen LogP contribution in [0.1, 0.15) is 15.9 Å². The number of primary amides is 1. The molecule has 1 heterocycles. The van der Waals surface area contributed by atoms with Crippen molar-refractivity contribution in [3.63, 3.8) is 0 Å². The van der Waals surface area contributed by atoms with Gasteiger partial charge in [0.15, 0.2) is 0 Å². The summed E-state index contributed by atoms with van der Waals surface area (Å²) in [4.78, 5) is 24.1. The molecule has 0 spiro atoms. The van der Waals surface area contributed by atoms with Crippen molar-refractivity contribution in [1.82, 2.24) is 4.31 Å². The molecule has 0 radical (unpaired) electrons. The average Bonchev–Trinajstić information content (AvgIpc) is 2.68. The van der Waals surface area contributed by atoms with E-state index in [4.69, 9.17) is 5.73 Å². The van der Waals surface area contributed by atoms with E-state index in [2.05, 4.69) is 0 Å². The van der Waals surface area contributed by atoms with Gasteiger partial charge in [-0.3, -0.25) is 14.9 Å². The molecule has 28 heavy (non-hydrogen) atoms. The van der Waals surface area contributed by atoms with E-state index in [1.165, 1.54) is 16.4 Å². The highest BCUT2D eigenvalue weighted by atomic mass is 32.2. The van der Waals surface area contributed by atoms with E-state index in [-0.39, 0.29) is 29.2 Å². The molecule has 148 valence electrons. The molecule has 0 unspecified atom stereocenters. The van der Waals surface area contributed by atoms with Crippen LogP contribution in [0.4, 0.5) is 11.4 Å². The number of amides is 1. The molecule has 0 bridgehead atoms. The van der Waals surface area contributed by atoms with E-state index >= 15 is 0 Å². The molecule has 2 N–H and O–H groups in total. The van der Waals surface area contributed by atoms with Crippen molar-refractivity contribution in [1.29, 1.82) is 0 Å². The number of hydrogen-bond acceptors (Lipinski definition) is 6. The molecule has 1 amide bonds. The maximum atomic E-state index is 12.8. The smallest absolute Gasteiger partial charge is 0.293 e. The highest BCUT2D eigenvalue weighted by molar-refractivity contribution is 7.89. The normalized spacial score (nSPS) is 15.4. The minimum absolute atomic E-state index is 0.0519. The molecule has 1 saturated heterocycles. The SMILES string of the molecule is Cc1ccc(S(=O)(=O)N2CCN(c3ccc(C(N)=O)cc3[N+](=O)[O-])CC2)cc1. The van der Waals surface area contributed by atoms with Crippen LogP contribution in [-0.2, 0) is 10.0 Å². The van der Waals surface area contributed by atoms with Crippen LogP contribution in [0.5, 0.6) is 0 Å². The topological polar surface area (TPSA) is 127 Å². The first-order chi connectivity index (χ1) is 13.2. The van der Waals surface area contributed by atoms with Gasteiger partial charge in [-0.05, 0) is 31.2 Å². The van der Waals surface area contributed by atoms with Crippen LogP contribution in [0.2, 0.25) is 0 Å². The van der Waals surface area contributed by atoms with Crippen LogP contribution in [0.15, 0.2) is 47.4 Å². The number of piperazine rings is 1. The van der Waals surface area contributed by atoms with Gasteiger partial charge in [0.2, 0.25) is 15.9 Å². The van der Waals surface area contributed by atoms with Crippen LogP contribution in [0.3, 0.4) is 0 Å². The lowest BCUT2D eigenvalue weighted by Crippen LogP contribution is -2.48. The lowest BCUT2D eigenvalue weighted by atomic mass is 10.1. The van der Waals surface area contributed by atoms with E-state index in [9.17, 15) is 23.3 Å². The standard InChI is InChI=1S/C18H20N4O5S/c1-13-2-5-15(6-3-13)28(26,27)21-10-8-20(9-11-21)16-7-4-14(18(19)23)12-17(16)22(24)25/h2-7,12H,8-11H2,1H3,(H2,19,23). The molecule has 3 rings (SSSR count). The summed E-state index contributed by atoms with van der Waals surface area (Å²) in [5.41, 5.74) is 6.32. The molecule has 0 atom stereocenters. The molecule has 0 aromatic heterocycles. The van der Waals surface area contributed by atoms with Crippen molar-refractivity contribution in [2.75, 3.05) is 31.1 Å². The van der Waals surface area contributed by atoms with Crippen LogP contribution in [-0.4, -0.2) is 49.7 Å². The van der Waals surface area contributed by atoms with Crippen molar-refractivity contribution in [2.24, 2.45) is 5.73 Å². The molecule has 1 fully saturated rings. The zero-order chi connectivity index (χ0) is 20.5. The summed E-state index contributed by atoms with van der Waals surface area (Å²) >= 11 is 0. The number of aryl methyl sites for hydroxylation is 1. The Morgan fingerprint density at radius 3 is 2.21 bits per heavy atom. The number of hydrogen-bond donors (Lipinski definition) is 1. The van der Waals surface area contributed by atoms with Gasteiger partial charge in [0.25, 0.3) is 5.69 Å². The summed E-state index contributed by atoms with van der Waals surface area (Å²) in [7, 11) is -3.62. The van der Waals surface area contributed by atoms with Gasteiger partial charge >= 0.3 is 0 Å². The van der Waals surface area contributed by atoms with Crippen molar-refractivity contribution in [2.45, 2.75) is 11.8 Å². The predicted molar refractivity (Wildman–Crippen MR) is 104 cm³/mol. The van der Waals surface area contributed by atoms with Gasteiger partial charge in [0.1, 0.15) is 5.69 Å². The van der Waals surface area contributed by atoms with Gasteiger partial charge in [0.05, 0.1) is 9.82 Å². The molecule has 1 aliphatic heterocycles. The first kappa shape index (κ1) is 19.8. The number of carbonyl (C=O) groups is 1. The van der Waals surface area contributed by atoms with Crippen molar-refractivity contribution in [3.05, 3.63) is 63.7 Å². The van der Waals surface area contributed by atoms with Crippen LogP contribution in [0.25, 0.3) is 0 Å². The first-order valence-corrected chi connectivity index (χ1v) is 10.0. The fraction of sp³-hybridized carbons (Fsp3) is 0.278. The summed E-state index contributed by atoms with van der Waals surface area (Å²) in [5, 5.41) is 11.4. The zero-order valence-electron chi connectivity index (χ0n) is 15.2. The third kappa shape index (κ3) is 3.82. The number of nitro groups is 1. The van der Waals surface area contributed by atoms with E-state index in [1.54, 1.807) is 29.2 Å². The summed E-state index contributed by atoms with van der Waals surface area (Å²) in [5.74, 6) is -0.747. The van der Waals surface area contributed by atoms with E-state index in [0.29, 0.717) is 18.8 Å². The van der Waals surface area contributed by atoms with E-state index in [1.807, 2.05) is 6.92 Å². The number of rotatable bonds is 5. The lowest BCUT2D eigenvalue weighted by Gasteiger charge is -2.35. The number of carbonyl (C=O) groups excluding carboxylic acids is 1. The fourth-order valence-electron chi connectivity index (χ4n) is 3.12. The number of anilines is 1. The monoisotopic (exact) mass is 404 g/mol. The highest BCUT2D eigenvalue weighted by Crippen LogP contribution is 2.30.